The number of nitrogens with one attached hydrogen (secondary N) is 1. The number of hydrogen-bond donors (Lipinski definition) is 4. The molecule has 3 unspecified atom stereocenters. The Kier molecular flexibility index (Phi) is 17.8. The van der Waals surface area contributed by atoms with Gasteiger partial charge in [0.15, 0.2) is 0 Å². The summed E-state index contributed by atoms with van der Waals surface area (Å²) in [5.74, 6) is -0.424. The molecule has 0 rings (SSSR count). The molecular weight excluding hydrogens is 460 g/mol. The van der Waals surface area contributed by atoms with Gasteiger partial charge in [-0.2, -0.15) is 0 Å². The van der Waals surface area contributed by atoms with Gasteiger partial charge in [-0.05, 0) is 12.8 Å². The third kappa shape index (κ3) is 19.9. The quantitative estimate of drug-likeness (QED) is 0.130. The van der Waals surface area contributed by atoms with Crippen molar-refractivity contribution < 1.29 is 56.4 Å². The number of unbranched alkanes of at least 4 members (excludes halogenated alkanes) is 1. The fourth-order valence-electron chi connectivity index (χ4n) is 2.08. The first-order chi connectivity index (χ1) is 14.6. The van der Waals surface area contributed by atoms with E-state index in [9.17, 15) is 23.9 Å². The molecule has 0 spiro atoms. The largest absolute Gasteiger partial charge is 0.472 e. The van der Waals surface area contributed by atoms with Gasteiger partial charge in [-0.15, -0.1) is 0 Å². The van der Waals surface area contributed by atoms with Crippen molar-refractivity contribution in [1.82, 2.24) is 5.32 Å². The van der Waals surface area contributed by atoms with Crippen LogP contribution in [-0.4, -0.2) is 87.3 Å². The summed E-state index contributed by atoms with van der Waals surface area (Å²) in [6.45, 7) is 1.77. The van der Waals surface area contributed by atoms with Crippen LogP contribution in [0.1, 0.15) is 26.2 Å². The van der Waals surface area contributed by atoms with Crippen LogP contribution >= 0.6 is 15.6 Å². The van der Waals surface area contributed by atoms with Gasteiger partial charge >= 0.3 is 15.6 Å². The predicted molar refractivity (Wildman–Crippen MR) is 109 cm³/mol. The van der Waals surface area contributed by atoms with Gasteiger partial charge in [0, 0.05) is 33.1 Å². The molecule has 31 heavy (non-hydrogen) atoms. The van der Waals surface area contributed by atoms with E-state index in [1.165, 1.54) is 6.92 Å². The summed E-state index contributed by atoms with van der Waals surface area (Å²) >= 11 is 0. The minimum absolute atomic E-state index is 0.0237. The molecule has 186 valence electrons. The maximum Gasteiger partial charge on any atom is 0.472 e. The molecular formula is C16H35NO12P2. The van der Waals surface area contributed by atoms with E-state index >= 15 is 0 Å². The molecule has 0 aromatic carbocycles. The first-order valence-electron chi connectivity index (χ1n) is 9.77. The van der Waals surface area contributed by atoms with Crippen LogP contribution in [0.4, 0.5) is 0 Å². The van der Waals surface area contributed by atoms with E-state index in [4.69, 9.17) is 23.4 Å². The van der Waals surface area contributed by atoms with Crippen LogP contribution in [0, 0.1) is 5.92 Å². The average Bonchev–Trinajstić information content (AvgIpc) is 2.71. The number of phosphoric acid groups is 2. The second kappa shape index (κ2) is 18.0. The number of aliphatic hydroxyl groups excluding tert-OH is 1. The lowest BCUT2D eigenvalue weighted by atomic mass is 10.0. The average molecular weight is 495 g/mol. The first kappa shape index (κ1) is 30.6. The summed E-state index contributed by atoms with van der Waals surface area (Å²) in [6, 6.07) is 0. The van der Waals surface area contributed by atoms with Gasteiger partial charge in [0.1, 0.15) is 0 Å². The van der Waals surface area contributed by atoms with E-state index in [1.54, 1.807) is 0 Å². The van der Waals surface area contributed by atoms with Crippen LogP contribution in [-0.2, 0) is 41.5 Å². The van der Waals surface area contributed by atoms with Crippen molar-refractivity contribution in [3.05, 3.63) is 0 Å². The predicted octanol–water partition coefficient (Wildman–Crippen LogP) is 0.831. The monoisotopic (exact) mass is 495 g/mol. The highest BCUT2D eigenvalue weighted by atomic mass is 31.2. The van der Waals surface area contributed by atoms with Crippen LogP contribution in [0.2, 0.25) is 0 Å². The molecule has 3 atom stereocenters. The molecule has 0 aromatic rings. The molecule has 0 aliphatic carbocycles. The van der Waals surface area contributed by atoms with Crippen LogP contribution in [0.5, 0.6) is 0 Å². The zero-order valence-electron chi connectivity index (χ0n) is 18.0. The fraction of sp³-hybridized carbons (Fsp3) is 0.938. The number of hydrogen-bond acceptors (Lipinski definition) is 10. The van der Waals surface area contributed by atoms with E-state index in [2.05, 4.69) is 14.4 Å². The summed E-state index contributed by atoms with van der Waals surface area (Å²) in [6.07, 6.45) is 2.03. The fourth-order valence-corrected chi connectivity index (χ4v) is 3.27. The van der Waals surface area contributed by atoms with Gasteiger partial charge < -0.3 is 29.7 Å². The van der Waals surface area contributed by atoms with Gasteiger partial charge in [-0.25, -0.2) is 9.13 Å². The van der Waals surface area contributed by atoms with Gasteiger partial charge in [0.25, 0.3) is 0 Å². The zero-order valence-corrected chi connectivity index (χ0v) is 19.8. The molecule has 0 radical (unpaired) electrons. The summed E-state index contributed by atoms with van der Waals surface area (Å²) in [5, 5.41) is 12.0. The Labute approximate surface area is 182 Å². The van der Waals surface area contributed by atoms with E-state index < -0.39 is 15.6 Å². The lowest BCUT2D eigenvalue weighted by Crippen LogP contribution is -2.21. The highest BCUT2D eigenvalue weighted by molar-refractivity contribution is 7.47. The van der Waals surface area contributed by atoms with E-state index in [1.807, 2.05) is 0 Å². The highest BCUT2D eigenvalue weighted by Gasteiger charge is 2.23. The van der Waals surface area contributed by atoms with Crippen molar-refractivity contribution in [3.8, 4) is 0 Å². The van der Waals surface area contributed by atoms with Crippen molar-refractivity contribution in [3.63, 3.8) is 0 Å². The molecule has 0 fully saturated rings. The lowest BCUT2D eigenvalue weighted by Gasteiger charge is -2.17. The van der Waals surface area contributed by atoms with Crippen LogP contribution < -0.4 is 5.32 Å². The van der Waals surface area contributed by atoms with Crippen LogP contribution in [0.15, 0.2) is 0 Å². The number of rotatable bonds is 21. The molecule has 0 aromatic heterocycles. The third-order valence-corrected chi connectivity index (χ3v) is 5.67. The second-order valence-electron chi connectivity index (χ2n) is 6.33. The van der Waals surface area contributed by atoms with Crippen molar-refractivity contribution in [2.75, 3.05) is 66.5 Å². The van der Waals surface area contributed by atoms with Gasteiger partial charge in [-0.1, -0.05) is 6.42 Å². The number of aliphatic hydroxyl groups is 1. The summed E-state index contributed by atoms with van der Waals surface area (Å²) in [4.78, 5) is 29.4. The number of carbonyl (C=O) groups excluding carboxylic acids is 1. The molecule has 1 amide bonds. The second-order valence-corrected chi connectivity index (χ2v) is 9.35. The van der Waals surface area contributed by atoms with Crippen molar-refractivity contribution >= 4 is 21.6 Å². The molecule has 0 aliphatic rings. The SMILES string of the molecule is COP(=O)(O)OCCOCCOCCOP(=O)(O)OCC(CO)CCCCNC(C)=O. The Bertz CT molecular complexity index is 565. The maximum absolute atomic E-state index is 11.8. The summed E-state index contributed by atoms with van der Waals surface area (Å²) in [7, 11) is -7.22. The molecule has 4 N–H and O–H groups in total. The first-order valence-corrected chi connectivity index (χ1v) is 12.8. The number of amides is 1. The van der Waals surface area contributed by atoms with Crippen molar-refractivity contribution in [1.29, 1.82) is 0 Å². The Hall–Kier alpha value is -0.430. The summed E-state index contributed by atoms with van der Waals surface area (Å²) in [5.41, 5.74) is 0. The normalized spacial score (nSPS) is 16.4. The lowest BCUT2D eigenvalue weighted by molar-refractivity contribution is -0.118. The van der Waals surface area contributed by atoms with Crippen LogP contribution in [0.3, 0.4) is 0 Å². The molecule has 0 heterocycles. The molecule has 15 heteroatoms. The molecule has 0 saturated heterocycles. The zero-order chi connectivity index (χ0) is 23.6. The van der Waals surface area contributed by atoms with Gasteiger partial charge in [-0.3, -0.25) is 22.9 Å². The molecule has 0 saturated carbocycles. The minimum Gasteiger partial charge on any atom is -0.396 e. The van der Waals surface area contributed by atoms with E-state index in [0.717, 1.165) is 20.0 Å². The van der Waals surface area contributed by atoms with Crippen molar-refractivity contribution in [2.45, 2.75) is 26.2 Å². The van der Waals surface area contributed by atoms with Gasteiger partial charge in [0.2, 0.25) is 5.91 Å². The van der Waals surface area contributed by atoms with Crippen LogP contribution in [0.25, 0.3) is 0 Å². The van der Waals surface area contributed by atoms with Gasteiger partial charge in [0.05, 0.1) is 46.2 Å². The topological polar surface area (TPSA) is 179 Å². The maximum atomic E-state index is 11.8. The number of phosphoric ester groups is 2. The third-order valence-electron chi connectivity index (χ3n) is 3.71. The Morgan fingerprint density at radius 1 is 0.903 bits per heavy atom. The van der Waals surface area contributed by atoms with Crippen molar-refractivity contribution in [2.24, 2.45) is 5.92 Å². The molecule has 0 bridgehead atoms. The Morgan fingerprint density at radius 2 is 1.45 bits per heavy atom. The van der Waals surface area contributed by atoms with E-state index in [0.29, 0.717) is 13.0 Å². The standard InChI is InChI=1S/C16H35NO12P2/c1-15(19)17-6-4-3-5-16(13-18)14-29-31(22,23)28-12-10-26-8-7-25-9-11-27-30(20,21)24-2/h16,18H,3-14H2,1-2H3,(H,17,19)(H,20,21)(H,22,23). The van der Waals surface area contributed by atoms with E-state index in [-0.39, 0.29) is 64.7 Å². The molecule has 13 nitrogen and oxygen atoms in total. The smallest absolute Gasteiger partial charge is 0.396 e. The Balaban J connectivity index is 3.71. The number of ether oxygens (including phenoxy) is 2. The highest BCUT2D eigenvalue weighted by Crippen LogP contribution is 2.43. The number of carbonyl (C=O) groups is 1. The minimum atomic E-state index is -4.26. The molecule has 0 aliphatic heterocycles. The Morgan fingerprint density at radius 3 is 1.97 bits per heavy atom. The summed E-state index contributed by atoms with van der Waals surface area (Å²) < 4.78 is 51.6.